The summed E-state index contributed by atoms with van der Waals surface area (Å²) in [6, 6.07) is 5.96. The molecule has 1 aromatic carbocycles. The van der Waals surface area contributed by atoms with Gasteiger partial charge in [0, 0.05) is 30.3 Å². The maximum atomic E-state index is 13.5. The Balaban J connectivity index is 1.65. The summed E-state index contributed by atoms with van der Waals surface area (Å²) in [6.45, 7) is 1.33. The Kier molecular flexibility index (Phi) is 4.81. The number of nitrogens with zero attached hydrogens (tertiary/aromatic N) is 2. The third kappa shape index (κ3) is 3.53. The molecule has 1 saturated heterocycles. The molecule has 6 heteroatoms. The molecule has 27 heavy (non-hydrogen) atoms. The lowest BCUT2D eigenvalue weighted by Gasteiger charge is -2.34. The Morgan fingerprint density at radius 1 is 1.11 bits per heavy atom. The molecule has 1 aliphatic heterocycles. The summed E-state index contributed by atoms with van der Waals surface area (Å²) in [7, 11) is 0. The number of fused-ring (bicyclic) bond motifs is 1. The van der Waals surface area contributed by atoms with Crippen molar-refractivity contribution in [2.45, 2.75) is 44.4 Å². The highest BCUT2D eigenvalue weighted by molar-refractivity contribution is 5.98. The number of nitrogens with two attached hydrogens (primary N) is 1. The van der Waals surface area contributed by atoms with E-state index in [0.717, 1.165) is 45.1 Å². The average molecular weight is 369 g/mol. The number of hydrogen-bond donors (Lipinski definition) is 1. The maximum Gasteiger partial charge on any atom is 0.250 e. The van der Waals surface area contributed by atoms with E-state index in [0.29, 0.717) is 28.7 Å². The second-order valence-electron chi connectivity index (χ2n) is 7.73. The molecule has 142 valence electrons. The fraction of sp³-hybridized carbons (Fsp3) is 0.476. The van der Waals surface area contributed by atoms with E-state index in [1.54, 1.807) is 12.1 Å². The second-order valence-corrected chi connectivity index (χ2v) is 7.73. The lowest BCUT2D eigenvalue weighted by molar-refractivity contribution is -0.136. The van der Waals surface area contributed by atoms with Crippen molar-refractivity contribution in [2.75, 3.05) is 13.1 Å². The summed E-state index contributed by atoms with van der Waals surface area (Å²) in [5.41, 5.74) is 7.18. The van der Waals surface area contributed by atoms with Gasteiger partial charge in [0.2, 0.25) is 5.91 Å². The highest BCUT2D eigenvalue weighted by Crippen LogP contribution is 2.33. The molecule has 0 radical (unpaired) electrons. The van der Waals surface area contributed by atoms with Crippen LogP contribution in [0.25, 0.3) is 10.9 Å². The number of carbonyl (C=O) groups is 2. The van der Waals surface area contributed by atoms with Crippen LogP contribution in [0, 0.1) is 11.7 Å². The maximum absolute atomic E-state index is 13.5. The number of aromatic nitrogens is 1. The van der Waals surface area contributed by atoms with Crippen LogP contribution in [0.4, 0.5) is 4.39 Å². The number of hydrogen-bond acceptors (Lipinski definition) is 3. The Bertz CT molecular complexity index is 892. The number of primary amides is 1. The number of benzene rings is 1. The number of carbonyl (C=O) groups excluding carboxylic acids is 2. The van der Waals surface area contributed by atoms with Gasteiger partial charge in [-0.1, -0.05) is 12.8 Å². The molecule has 2 N–H and O–H groups in total. The summed E-state index contributed by atoms with van der Waals surface area (Å²) in [5, 5.41) is 0.558. The lowest BCUT2D eigenvalue weighted by Crippen LogP contribution is -2.42. The molecule has 2 amide bonds. The predicted molar refractivity (Wildman–Crippen MR) is 101 cm³/mol. The van der Waals surface area contributed by atoms with Gasteiger partial charge in [-0.25, -0.2) is 4.39 Å². The largest absolute Gasteiger partial charge is 0.366 e. The van der Waals surface area contributed by atoms with Crippen molar-refractivity contribution in [3.63, 3.8) is 0 Å². The monoisotopic (exact) mass is 369 g/mol. The number of halogens is 1. The van der Waals surface area contributed by atoms with Crippen molar-refractivity contribution < 1.29 is 14.0 Å². The van der Waals surface area contributed by atoms with E-state index >= 15 is 0 Å². The Morgan fingerprint density at radius 2 is 1.89 bits per heavy atom. The summed E-state index contributed by atoms with van der Waals surface area (Å²) in [6.07, 6.45) is 5.95. The van der Waals surface area contributed by atoms with E-state index in [-0.39, 0.29) is 23.6 Å². The van der Waals surface area contributed by atoms with Crippen LogP contribution in [0.5, 0.6) is 0 Å². The van der Waals surface area contributed by atoms with Gasteiger partial charge in [-0.15, -0.1) is 0 Å². The summed E-state index contributed by atoms with van der Waals surface area (Å²) >= 11 is 0. The zero-order valence-corrected chi connectivity index (χ0v) is 15.3. The van der Waals surface area contributed by atoms with E-state index < -0.39 is 5.91 Å². The standard InChI is InChI=1S/C21H24FN3O2/c22-16-7-8-18-15(10-16)11-17(20(23)26)19(24-18)14-6-3-9-25(12-14)21(27)13-4-1-2-5-13/h7-8,10-11,13-14H,1-6,9,12H2,(H2,23,26). The van der Waals surface area contributed by atoms with Crippen LogP contribution in [0.15, 0.2) is 24.3 Å². The molecule has 0 spiro atoms. The van der Waals surface area contributed by atoms with Gasteiger partial charge in [-0.3, -0.25) is 14.6 Å². The highest BCUT2D eigenvalue weighted by atomic mass is 19.1. The van der Waals surface area contributed by atoms with Crippen molar-refractivity contribution >= 4 is 22.7 Å². The van der Waals surface area contributed by atoms with Crippen LogP contribution in [0.3, 0.4) is 0 Å². The molecule has 1 atom stereocenters. The molecule has 1 saturated carbocycles. The van der Waals surface area contributed by atoms with Gasteiger partial charge in [0.05, 0.1) is 16.8 Å². The SMILES string of the molecule is NC(=O)c1cc2cc(F)ccc2nc1C1CCCN(C(=O)C2CCCC2)C1. The minimum absolute atomic E-state index is 0.0268. The van der Waals surface area contributed by atoms with E-state index in [1.807, 2.05) is 4.90 Å². The van der Waals surface area contributed by atoms with Crippen LogP contribution in [-0.4, -0.2) is 34.8 Å². The van der Waals surface area contributed by atoms with Crippen molar-refractivity contribution in [3.05, 3.63) is 41.3 Å². The van der Waals surface area contributed by atoms with Crippen LogP contribution in [0.2, 0.25) is 0 Å². The molecule has 4 rings (SSSR count). The number of likely N-dealkylation sites (tertiary alicyclic amines) is 1. The first-order valence-corrected chi connectivity index (χ1v) is 9.71. The minimum Gasteiger partial charge on any atom is -0.366 e. The first-order valence-electron chi connectivity index (χ1n) is 9.71. The molecule has 5 nitrogen and oxygen atoms in total. The van der Waals surface area contributed by atoms with Gasteiger partial charge in [-0.2, -0.15) is 0 Å². The van der Waals surface area contributed by atoms with Gasteiger partial charge < -0.3 is 10.6 Å². The van der Waals surface area contributed by atoms with Gasteiger partial charge in [0.1, 0.15) is 5.82 Å². The molecule has 2 heterocycles. The quantitative estimate of drug-likeness (QED) is 0.901. The summed E-state index contributed by atoms with van der Waals surface area (Å²) in [5.74, 6) is -0.588. The van der Waals surface area contributed by atoms with E-state index in [2.05, 4.69) is 4.98 Å². The molecule has 2 fully saturated rings. The molecule has 1 aliphatic carbocycles. The average Bonchev–Trinajstić information content (AvgIpc) is 3.21. The number of rotatable bonds is 3. The number of pyridine rings is 1. The summed E-state index contributed by atoms with van der Waals surface area (Å²) < 4.78 is 13.5. The van der Waals surface area contributed by atoms with E-state index in [4.69, 9.17) is 5.73 Å². The molecule has 2 aromatic rings. The predicted octanol–water partition coefficient (Wildman–Crippen LogP) is 3.37. The highest BCUT2D eigenvalue weighted by Gasteiger charge is 2.32. The van der Waals surface area contributed by atoms with Crippen molar-refractivity contribution in [2.24, 2.45) is 11.7 Å². The first kappa shape index (κ1) is 17.9. The topological polar surface area (TPSA) is 76.3 Å². The third-order valence-electron chi connectivity index (χ3n) is 5.90. The van der Waals surface area contributed by atoms with Crippen LogP contribution in [0.1, 0.15) is 60.5 Å². The van der Waals surface area contributed by atoms with Crippen molar-refractivity contribution in [3.8, 4) is 0 Å². The van der Waals surface area contributed by atoms with Crippen molar-refractivity contribution in [1.29, 1.82) is 0 Å². The van der Waals surface area contributed by atoms with Gasteiger partial charge in [0.15, 0.2) is 0 Å². The van der Waals surface area contributed by atoms with Gasteiger partial charge >= 0.3 is 0 Å². The lowest BCUT2D eigenvalue weighted by atomic mass is 9.89. The molecule has 1 aromatic heterocycles. The first-order chi connectivity index (χ1) is 13.0. The molecule has 2 aliphatic rings. The van der Waals surface area contributed by atoms with Crippen LogP contribution >= 0.6 is 0 Å². The van der Waals surface area contributed by atoms with Crippen molar-refractivity contribution in [1.82, 2.24) is 9.88 Å². The van der Waals surface area contributed by atoms with Gasteiger partial charge in [-0.05, 0) is 49.9 Å². The van der Waals surface area contributed by atoms with E-state index in [9.17, 15) is 14.0 Å². The molecular weight excluding hydrogens is 345 g/mol. The third-order valence-corrected chi connectivity index (χ3v) is 5.90. The Morgan fingerprint density at radius 3 is 2.63 bits per heavy atom. The Hall–Kier alpha value is -2.50. The zero-order valence-electron chi connectivity index (χ0n) is 15.3. The Labute approximate surface area is 157 Å². The molecule has 0 bridgehead atoms. The van der Waals surface area contributed by atoms with Crippen LogP contribution < -0.4 is 5.73 Å². The van der Waals surface area contributed by atoms with Gasteiger partial charge in [0.25, 0.3) is 5.91 Å². The number of piperidine rings is 1. The minimum atomic E-state index is -0.567. The molecule has 1 unspecified atom stereocenters. The normalized spacial score (nSPS) is 20.9. The van der Waals surface area contributed by atoms with E-state index in [1.165, 1.54) is 12.1 Å². The smallest absolute Gasteiger partial charge is 0.250 e. The fourth-order valence-electron chi connectivity index (χ4n) is 4.50. The number of amides is 2. The zero-order chi connectivity index (χ0) is 19.0. The molecular formula is C21H24FN3O2. The van der Waals surface area contributed by atoms with Crippen LogP contribution in [-0.2, 0) is 4.79 Å². The fourth-order valence-corrected chi connectivity index (χ4v) is 4.50. The summed E-state index contributed by atoms with van der Waals surface area (Å²) in [4.78, 5) is 31.4. The second kappa shape index (κ2) is 7.25.